The predicted molar refractivity (Wildman–Crippen MR) is 113 cm³/mol. The lowest BCUT2D eigenvalue weighted by Gasteiger charge is -2.06. The summed E-state index contributed by atoms with van der Waals surface area (Å²) in [7, 11) is 1.26. The molecule has 10 nitrogen and oxygen atoms in total. The topological polar surface area (TPSA) is 146 Å². The summed E-state index contributed by atoms with van der Waals surface area (Å²) in [6.07, 6.45) is 1.46. The molecule has 0 bridgehead atoms. The van der Waals surface area contributed by atoms with Gasteiger partial charge in [-0.2, -0.15) is 10.5 Å². The number of carbonyl (C=O) groups is 2. The highest BCUT2D eigenvalue weighted by molar-refractivity contribution is 7.07. The van der Waals surface area contributed by atoms with Crippen molar-refractivity contribution in [1.82, 2.24) is 9.88 Å². The van der Waals surface area contributed by atoms with Crippen LogP contribution < -0.4 is 30.1 Å². The molecular formula is C20H19N5O5S. The van der Waals surface area contributed by atoms with Crippen LogP contribution in [0.25, 0.3) is 11.8 Å². The van der Waals surface area contributed by atoms with Crippen LogP contribution in [-0.4, -0.2) is 36.7 Å². The Labute approximate surface area is 181 Å². The van der Waals surface area contributed by atoms with Gasteiger partial charge in [-0.15, -0.1) is 11.3 Å². The number of hydrogen-bond acceptors (Lipinski definition) is 9. The van der Waals surface area contributed by atoms with Crippen molar-refractivity contribution in [3.8, 4) is 17.9 Å². The molecule has 0 fully saturated rings. The van der Waals surface area contributed by atoms with Crippen molar-refractivity contribution >= 4 is 40.7 Å². The van der Waals surface area contributed by atoms with Gasteiger partial charge < -0.3 is 20.1 Å². The Hall–Kier alpha value is -4.09. The minimum atomic E-state index is -0.720. The summed E-state index contributed by atoms with van der Waals surface area (Å²) in [6, 6.07) is 10.3. The van der Waals surface area contributed by atoms with E-state index in [0.29, 0.717) is 11.4 Å². The molecule has 0 atom stereocenters. The number of aromatic nitrogens is 1. The molecule has 1 amide bonds. The van der Waals surface area contributed by atoms with E-state index in [1.807, 2.05) is 6.07 Å². The van der Waals surface area contributed by atoms with Gasteiger partial charge in [0.15, 0.2) is 12.2 Å². The highest BCUT2D eigenvalue weighted by atomic mass is 32.1. The number of nitriles is 2. The highest BCUT2D eigenvalue weighted by Gasteiger charge is 2.14. The largest absolute Gasteiger partial charge is 0.482 e. The Bertz CT molecular complexity index is 1230. The summed E-state index contributed by atoms with van der Waals surface area (Å²) in [4.78, 5) is 36.1. The maximum absolute atomic E-state index is 12.7. The molecule has 1 heterocycles. The van der Waals surface area contributed by atoms with E-state index in [1.54, 1.807) is 37.3 Å². The predicted octanol–water partition coefficient (Wildman–Crippen LogP) is -0.354. The van der Waals surface area contributed by atoms with Gasteiger partial charge in [0.25, 0.3) is 11.5 Å². The molecule has 2 N–H and O–H groups in total. The Balaban J connectivity index is 2.39. The average Bonchev–Trinajstić information content (AvgIpc) is 3.10. The van der Waals surface area contributed by atoms with Gasteiger partial charge in [-0.05, 0) is 19.1 Å². The number of esters is 1. The average molecular weight is 441 g/mol. The van der Waals surface area contributed by atoms with Gasteiger partial charge >= 0.3 is 5.97 Å². The second-order valence-electron chi connectivity index (χ2n) is 5.83. The number of carbonyl (C=O) groups excluding carboxylic acids is 2. The first kappa shape index (κ1) is 23.2. The van der Waals surface area contributed by atoms with E-state index in [0.717, 1.165) is 11.3 Å². The zero-order valence-electron chi connectivity index (χ0n) is 16.8. The first-order valence-corrected chi connectivity index (χ1v) is 9.82. The molecular weight excluding hydrogens is 422 g/mol. The van der Waals surface area contributed by atoms with Gasteiger partial charge in [0.1, 0.15) is 27.6 Å². The molecule has 0 aliphatic rings. The molecule has 11 heteroatoms. The molecule has 0 aliphatic carbocycles. The number of nitrogens with one attached hydrogen (secondary N) is 2. The summed E-state index contributed by atoms with van der Waals surface area (Å²) in [5.74, 6) is -0.808. The highest BCUT2D eigenvalue weighted by Crippen LogP contribution is 2.17. The summed E-state index contributed by atoms with van der Waals surface area (Å²) in [5.41, 5.74) is -0.0120. The zero-order chi connectivity index (χ0) is 22.8. The Morgan fingerprint density at radius 3 is 2.74 bits per heavy atom. The van der Waals surface area contributed by atoms with E-state index in [2.05, 4.69) is 15.4 Å². The van der Waals surface area contributed by atoms with Crippen LogP contribution in [0.1, 0.15) is 6.92 Å². The van der Waals surface area contributed by atoms with Crippen LogP contribution in [0, 0.1) is 22.7 Å². The van der Waals surface area contributed by atoms with Crippen molar-refractivity contribution in [2.75, 3.05) is 25.6 Å². The maximum atomic E-state index is 12.7. The fourth-order valence-electron chi connectivity index (χ4n) is 2.42. The Morgan fingerprint density at radius 1 is 1.32 bits per heavy atom. The molecule has 0 unspecified atom stereocenters. The van der Waals surface area contributed by atoms with Crippen LogP contribution in [0.15, 0.2) is 29.1 Å². The lowest BCUT2D eigenvalue weighted by molar-refractivity contribution is -0.142. The minimum Gasteiger partial charge on any atom is -0.482 e. The summed E-state index contributed by atoms with van der Waals surface area (Å²) < 4.78 is 11.6. The molecule has 1 aromatic heterocycles. The second kappa shape index (κ2) is 11.2. The summed E-state index contributed by atoms with van der Waals surface area (Å²) in [6.45, 7) is 1.49. The van der Waals surface area contributed by atoms with Gasteiger partial charge in [0.05, 0.1) is 13.2 Å². The van der Waals surface area contributed by atoms with E-state index in [-0.39, 0.29) is 40.0 Å². The molecule has 1 aromatic carbocycles. The first-order valence-electron chi connectivity index (χ1n) is 9.00. The van der Waals surface area contributed by atoms with Gasteiger partial charge in [-0.3, -0.25) is 14.2 Å². The number of ether oxygens (including phenoxy) is 2. The SMILES string of the molecule is CCn1c(=C(C#N)C(=O)NCC#N)sc(=CNc2cccc(OCC(=O)OC)c2)c1=O. The molecule has 31 heavy (non-hydrogen) atoms. The van der Waals surface area contributed by atoms with Crippen molar-refractivity contribution in [2.45, 2.75) is 13.5 Å². The van der Waals surface area contributed by atoms with E-state index in [1.165, 1.54) is 17.9 Å². The smallest absolute Gasteiger partial charge is 0.343 e. The summed E-state index contributed by atoms with van der Waals surface area (Å²) >= 11 is 0.982. The lowest BCUT2D eigenvalue weighted by Crippen LogP contribution is -2.34. The maximum Gasteiger partial charge on any atom is 0.343 e. The number of nitrogens with zero attached hydrogens (tertiary/aromatic N) is 3. The zero-order valence-corrected chi connectivity index (χ0v) is 17.6. The van der Waals surface area contributed by atoms with E-state index >= 15 is 0 Å². The molecule has 0 aliphatic heterocycles. The van der Waals surface area contributed by atoms with Gasteiger partial charge in [-0.1, -0.05) is 6.07 Å². The third-order valence-corrected chi connectivity index (χ3v) is 5.02. The fraction of sp³-hybridized carbons (Fsp3) is 0.250. The molecule has 2 aromatic rings. The Kier molecular flexibility index (Phi) is 8.37. The number of anilines is 1. The van der Waals surface area contributed by atoms with E-state index in [9.17, 15) is 19.6 Å². The summed E-state index contributed by atoms with van der Waals surface area (Å²) in [5, 5.41) is 23.3. The van der Waals surface area contributed by atoms with Crippen molar-refractivity contribution in [3.63, 3.8) is 0 Å². The van der Waals surface area contributed by atoms with E-state index in [4.69, 9.17) is 10.00 Å². The van der Waals surface area contributed by atoms with Crippen LogP contribution in [0.5, 0.6) is 5.75 Å². The van der Waals surface area contributed by atoms with Crippen molar-refractivity contribution in [1.29, 1.82) is 10.5 Å². The van der Waals surface area contributed by atoms with Gasteiger partial charge in [-0.25, -0.2) is 4.79 Å². The van der Waals surface area contributed by atoms with Crippen LogP contribution >= 0.6 is 11.3 Å². The number of benzene rings is 1. The lowest BCUT2D eigenvalue weighted by atomic mass is 10.3. The Morgan fingerprint density at radius 2 is 2.10 bits per heavy atom. The molecule has 0 saturated carbocycles. The van der Waals surface area contributed by atoms with Crippen molar-refractivity contribution in [2.24, 2.45) is 0 Å². The van der Waals surface area contributed by atoms with Crippen LogP contribution in [0.3, 0.4) is 0 Å². The third-order valence-electron chi connectivity index (χ3n) is 3.89. The number of rotatable bonds is 8. The van der Waals surface area contributed by atoms with Crippen LogP contribution in [-0.2, 0) is 20.9 Å². The first-order chi connectivity index (χ1) is 14.9. The molecule has 0 radical (unpaired) electrons. The normalized spacial score (nSPS) is 11.7. The monoisotopic (exact) mass is 441 g/mol. The molecule has 160 valence electrons. The van der Waals surface area contributed by atoms with E-state index < -0.39 is 11.9 Å². The third kappa shape index (κ3) is 5.95. The molecule has 0 saturated heterocycles. The van der Waals surface area contributed by atoms with Crippen molar-refractivity contribution in [3.05, 3.63) is 43.8 Å². The quantitative estimate of drug-likeness (QED) is 0.417. The molecule has 0 spiro atoms. The number of methoxy groups -OCH3 is 1. The number of amides is 1. The van der Waals surface area contributed by atoms with Crippen LogP contribution in [0.4, 0.5) is 5.69 Å². The minimum absolute atomic E-state index is 0.202. The van der Waals surface area contributed by atoms with Gasteiger partial charge in [0, 0.05) is 24.5 Å². The standard InChI is InChI=1S/C20H19N5O5S/c1-3-25-19(28)16(31-20(25)15(10-22)18(27)23-8-7-21)11-24-13-5-4-6-14(9-13)30-12-17(26)29-2/h4-6,9,11,24H,3,8,12H2,1-2H3,(H,23,27). The fourth-order valence-corrected chi connectivity index (χ4v) is 3.51. The van der Waals surface area contributed by atoms with Crippen molar-refractivity contribution < 1.29 is 19.1 Å². The number of hydrogen-bond donors (Lipinski definition) is 2. The van der Waals surface area contributed by atoms with Gasteiger partial charge in [0.2, 0.25) is 0 Å². The molecule has 2 rings (SSSR count). The van der Waals surface area contributed by atoms with Crippen LogP contribution in [0.2, 0.25) is 0 Å². The second-order valence-corrected chi connectivity index (χ2v) is 6.86. The number of thiazole rings is 1.